The molecule has 0 amide bonds. The predicted octanol–water partition coefficient (Wildman–Crippen LogP) is 5.72. The van der Waals surface area contributed by atoms with Gasteiger partial charge in [0.25, 0.3) is 0 Å². The van der Waals surface area contributed by atoms with Gasteiger partial charge in [-0.05, 0) is 71.7 Å². The number of hydrogen-bond donors (Lipinski definition) is 1. The highest BCUT2D eigenvalue weighted by molar-refractivity contribution is 7.10. The Morgan fingerprint density at radius 3 is 2.42 bits per heavy atom. The third kappa shape index (κ3) is 3.73. The summed E-state index contributed by atoms with van der Waals surface area (Å²) < 4.78 is 0. The van der Waals surface area contributed by atoms with Gasteiger partial charge in [-0.15, -0.1) is 11.3 Å². The van der Waals surface area contributed by atoms with Crippen LogP contribution in [0.1, 0.15) is 65.8 Å². The number of fused-ring (bicyclic) bond motifs is 1. The van der Waals surface area contributed by atoms with Gasteiger partial charge in [0.15, 0.2) is 0 Å². The summed E-state index contributed by atoms with van der Waals surface area (Å²) in [5.41, 5.74) is 6.11. The normalized spacial score (nSPS) is 15.7. The number of Topliss-reactive ketones (excluding diaryl/α,β-unsaturated/α-hetero) is 1. The number of ketones is 1. The summed E-state index contributed by atoms with van der Waals surface area (Å²) in [4.78, 5) is 13.9. The van der Waals surface area contributed by atoms with Crippen molar-refractivity contribution in [1.29, 1.82) is 0 Å². The number of carbonyl (C=O) groups excluding carboxylic acids is 1. The van der Waals surface area contributed by atoms with E-state index >= 15 is 0 Å². The second kappa shape index (κ2) is 7.56. The fraction of sp³-hybridized carbons (Fsp3) is 0.522. The summed E-state index contributed by atoms with van der Waals surface area (Å²) in [6, 6.07) is 3.86. The van der Waals surface area contributed by atoms with Crippen LogP contribution in [0.15, 0.2) is 17.5 Å². The molecule has 0 unspecified atom stereocenters. The zero-order valence-electron chi connectivity index (χ0n) is 16.4. The first-order valence-corrected chi connectivity index (χ1v) is 10.6. The fourth-order valence-corrected chi connectivity index (χ4v) is 5.54. The lowest BCUT2D eigenvalue weighted by atomic mass is 9.69. The van der Waals surface area contributed by atoms with Gasteiger partial charge < -0.3 is 5.11 Å². The van der Waals surface area contributed by atoms with Gasteiger partial charge in [-0.1, -0.05) is 38.8 Å². The van der Waals surface area contributed by atoms with Crippen LogP contribution in [-0.2, 0) is 30.5 Å². The molecule has 1 heterocycles. The third-order valence-electron chi connectivity index (χ3n) is 6.35. The lowest BCUT2D eigenvalue weighted by Gasteiger charge is -2.36. The Labute approximate surface area is 161 Å². The van der Waals surface area contributed by atoms with E-state index in [9.17, 15) is 9.90 Å². The van der Waals surface area contributed by atoms with Crippen LogP contribution in [-0.4, -0.2) is 10.9 Å². The van der Waals surface area contributed by atoms with E-state index in [1.807, 2.05) is 26.0 Å². The van der Waals surface area contributed by atoms with Crippen LogP contribution < -0.4 is 0 Å². The molecular formula is C23H30O2S. The fourth-order valence-electron chi connectivity index (χ4n) is 4.41. The zero-order valence-corrected chi connectivity index (χ0v) is 17.3. The molecule has 1 N–H and O–H groups in total. The molecule has 0 saturated carbocycles. The smallest absolute Gasteiger partial charge is 0.142 e. The summed E-state index contributed by atoms with van der Waals surface area (Å²) in [7, 11) is 0. The highest BCUT2D eigenvalue weighted by atomic mass is 32.1. The molecule has 3 heteroatoms. The number of aromatic hydroxyl groups is 1. The molecule has 26 heavy (non-hydrogen) atoms. The molecule has 1 aromatic carbocycles. The molecule has 1 aliphatic carbocycles. The summed E-state index contributed by atoms with van der Waals surface area (Å²) in [6.07, 6.45) is 7.03. The van der Waals surface area contributed by atoms with Gasteiger partial charge in [0.05, 0.1) is 0 Å². The Morgan fingerprint density at radius 1 is 1.15 bits per heavy atom. The van der Waals surface area contributed by atoms with Gasteiger partial charge in [0.2, 0.25) is 0 Å². The number of aryl methyl sites for hydroxylation is 2. The molecule has 1 aromatic heterocycles. The Kier molecular flexibility index (Phi) is 5.57. The van der Waals surface area contributed by atoms with Crippen LogP contribution in [0.2, 0.25) is 0 Å². The summed E-state index contributed by atoms with van der Waals surface area (Å²) >= 11 is 1.77. The maximum atomic E-state index is 12.7. The quantitative estimate of drug-likeness (QED) is 0.706. The maximum Gasteiger partial charge on any atom is 0.142 e. The molecule has 0 saturated heterocycles. The van der Waals surface area contributed by atoms with Crippen LogP contribution in [0, 0.1) is 19.3 Å². The van der Waals surface area contributed by atoms with Crippen molar-refractivity contribution in [3.63, 3.8) is 0 Å². The summed E-state index contributed by atoms with van der Waals surface area (Å²) in [5, 5.41) is 12.2. The van der Waals surface area contributed by atoms with Crippen molar-refractivity contribution in [2.75, 3.05) is 0 Å². The first kappa shape index (κ1) is 19.2. The second-order valence-electron chi connectivity index (χ2n) is 8.02. The lowest BCUT2D eigenvalue weighted by Crippen LogP contribution is -2.27. The number of thiophene rings is 1. The van der Waals surface area contributed by atoms with Crippen molar-refractivity contribution in [1.82, 2.24) is 0 Å². The standard InChI is InChI=1S/C23H30O2S/c1-5-23(6-2)8-7-20-18(13-23)14-26-21(20)12-19(24)11-17-9-15(3)22(25)16(4)10-17/h9-10,14,25H,5-8,11-13H2,1-4H3. The van der Waals surface area contributed by atoms with E-state index in [0.717, 1.165) is 23.1 Å². The second-order valence-corrected chi connectivity index (χ2v) is 8.98. The topological polar surface area (TPSA) is 37.3 Å². The minimum Gasteiger partial charge on any atom is -0.507 e. The van der Waals surface area contributed by atoms with Gasteiger partial charge in [-0.2, -0.15) is 0 Å². The lowest BCUT2D eigenvalue weighted by molar-refractivity contribution is -0.117. The average Bonchev–Trinajstić information content (AvgIpc) is 3.01. The monoisotopic (exact) mass is 370 g/mol. The first-order chi connectivity index (χ1) is 12.4. The molecule has 0 spiro atoms. The molecule has 1 aliphatic rings. The summed E-state index contributed by atoms with van der Waals surface area (Å²) in [6.45, 7) is 8.40. The van der Waals surface area contributed by atoms with Gasteiger partial charge >= 0.3 is 0 Å². The Morgan fingerprint density at radius 2 is 1.81 bits per heavy atom. The SMILES string of the molecule is CCC1(CC)CCc2c(csc2CC(=O)Cc2cc(C)c(O)c(C)c2)C1. The molecule has 140 valence electrons. The zero-order chi connectivity index (χ0) is 18.9. The van der Waals surface area contributed by atoms with Crippen LogP contribution >= 0.6 is 11.3 Å². The van der Waals surface area contributed by atoms with E-state index in [1.165, 1.54) is 41.7 Å². The van der Waals surface area contributed by atoms with Gasteiger partial charge in [0, 0.05) is 17.7 Å². The van der Waals surface area contributed by atoms with Crippen LogP contribution in [0.3, 0.4) is 0 Å². The molecule has 0 atom stereocenters. The number of carbonyl (C=O) groups is 1. The Bertz CT molecular complexity index is 789. The van der Waals surface area contributed by atoms with E-state index in [1.54, 1.807) is 11.3 Å². The predicted molar refractivity (Wildman–Crippen MR) is 109 cm³/mol. The maximum absolute atomic E-state index is 12.7. The highest BCUT2D eigenvalue weighted by Gasteiger charge is 2.33. The van der Waals surface area contributed by atoms with E-state index in [2.05, 4.69) is 19.2 Å². The van der Waals surface area contributed by atoms with Crippen molar-refractivity contribution < 1.29 is 9.90 Å². The largest absolute Gasteiger partial charge is 0.507 e. The van der Waals surface area contributed by atoms with Gasteiger partial charge in [-0.25, -0.2) is 0 Å². The molecule has 0 radical (unpaired) electrons. The number of rotatable bonds is 6. The molecule has 0 aliphatic heterocycles. The first-order valence-electron chi connectivity index (χ1n) is 9.76. The third-order valence-corrected chi connectivity index (χ3v) is 7.43. The molecule has 2 aromatic rings. The molecule has 0 fully saturated rings. The number of phenols is 1. The molecule has 3 rings (SSSR count). The van der Waals surface area contributed by atoms with E-state index in [0.29, 0.717) is 24.0 Å². The number of phenolic OH excluding ortho intramolecular Hbond substituents is 1. The van der Waals surface area contributed by atoms with Gasteiger partial charge in [-0.3, -0.25) is 4.79 Å². The van der Waals surface area contributed by atoms with Crippen LogP contribution in [0.25, 0.3) is 0 Å². The van der Waals surface area contributed by atoms with E-state index in [4.69, 9.17) is 0 Å². The highest BCUT2D eigenvalue weighted by Crippen LogP contribution is 2.43. The van der Waals surface area contributed by atoms with Crippen molar-refractivity contribution in [3.8, 4) is 5.75 Å². The van der Waals surface area contributed by atoms with Gasteiger partial charge in [0.1, 0.15) is 11.5 Å². The van der Waals surface area contributed by atoms with E-state index in [-0.39, 0.29) is 5.78 Å². The molecule has 2 nitrogen and oxygen atoms in total. The Balaban J connectivity index is 1.71. The van der Waals surface area contributed by atoms with Crippen molar-refractivity contribution >= 4 is 17.1 Å². The van der Waals surface area contributed by atoms with Crippen LogP contribution in [0.4, 0.5) is 0 Å². The van der Waals surface area contributed by atoms with E-state index < -0.39 is 0 Å². The molecule has 0 bridgehead atoms. The number of benzene rings is 1. The number of hydrogen-bond acceptors (Lipinski definition) is 3. The van der Waals surface area contributed by atoms with Crippen molar-refractivity contribution in [2.24, 2.45) is 5.41 Å². The molecular weight excluding hydrogens is 340 g/mol. The minimum absolute atomic E-state index is 0.266. The van der Waals surface area contributed by atoms with Crippen LogP contribution in [0.5, 0.6) is 5.75 Å². The average molecular weight is 371 g/mol. The minimum atomic E-state index is 0.266. The van der Waals surface area contributed by atoms with Crippen molar-refractivity contribution in [3.05, 3.63) is 50.2 Å². The summed E-state index contributed by atoms with van der Waals surface area (Å²) in [5.74, 6) is 0.603. The Hall–Kier alpha value is -1.61. The van der Waals surface area contributed by atoms with Crippen molar-refractivity contribution in [2.45, 2.75) is 72.6 Å².